The second-order valence-corrected chi connectivity index (χ2v) is 4.73. The molecular weight excluding hydrogens is 238 g/mol. The van der Waals surface area contributed by atoms with Crippen LogP contribution < -0.4 is 10.5 Å². The Bertz CT molecular complexity index is 594. The van der Waals surface area contributed by atoms with Gasteiger partial charge in [-0.3, -0.25) is 0 Å². The highest BCUT2D eigenvalue weighted by atomic mass is 16.5. The number of aryl methyl sites for hydroxylation is 2. The maximum Gasteiger partial charge on any atom is 0.145 e. The number of hydrogen-bond donors (Lipinski definition) is 1. The molecule has 0 aliphatic carbocycles. The molecule has 1 unspecified atom stereocenters. The van der Waals surface area contributed by atoms with Crippen molar-refractivity contribution in [1.82, 2.24) is 9.97 Å². The fraction of sp³-hybridized carbons (Fsp3) is 0.333. The van der Waals surface area contributed by atoms with Crippen molar-refractivity contribution >= 4 is 0 Å². The molecule has 2 aromatic rings. The summed E-state index contributed by atoms with van der Waals surface area (Å²) in [6.07, 6.45) is 1.75. The van der Waals surface area contributed by atoms with Gasteiger partial charge in [0.2, 0.25) is 0 Å². The first-order valence-electron chi connectivity index (χ1n) is 6.27. The van der Waals surface area contributed by atoms with Gasteiger partial charge in [-0.15, -0.1) is 0 Å². The summed E-state index contributed by atoms with van der Waals surface area (Å²) in [6.45, 7) is 5.95. The first-order valence-corrected chi connectivity index (χ1v) is 6.27. The number of ether oxygens (including phenoxy) is 1. The third-order valence-electron chi connectivity index (χ3n) is 3.10. The van der Waals surface area contributed by atoms with Crippen LogP contribution >= 0.6 is 0 Å². The molecule has 19 heavy (non-hydrogen) atoms. The Morgan fingerprint density at radius 3 is 2.58 bits per heavy atom. The lowest BCUT2D eigenvalue weighted by Crippen LogP contribution is -2.10. The molecule has 0 bridgehead atoms. The molecule has 0 saturated carbocycles. The predicted molar refractivity (Wildman–Crippen MR) is 76.1 cm³/mol. The summed E-state index contributed by atoms with van der Waals surface area (Å²) in [4.78, 5) is 8.71. The number of hydrogen-bond acceptors (Lipinski definition) is 4. The zero-order valence-corrected chi connectivity index (χ0v) is 11.8. The maximum atomic E-state index is 5.83. The van der Waals surface area contributed by atoms with Crippen molar-refractivity contribution in [3.63, 3.8) is 0 Å². The standard InChI is InChI=1S/C15H19N3O/c1-9-8-14(19-4)10(2)7-12(9)13-5-6-17-15(18-13)11(3)16/h5-8,11H,16H2,1-4H3. The molecule has 1 atom stereocenters. The molecule has 0 spiro atoms. The molecule has 0 saturated heterocycles. The lowest BCUT2D eigenvalue weighted by molar-refractivity contribution is 0.411. The molecule has 2 N–H and O–H groups in total. The van der Waals surface area contributed by atoms with Crippen LogP contribution in [-0.4, -0.2) is 17.1 Å². The summed E-state index contributed by atoms with van der Waals surface area (Å²) in [7, 11) is 1.68. The zero-order chi connectivity index (χ0) is 14.0. The van der Waals surface area contributed by atoms with Crippen LogP contribution in [0.15, 0.2) is 24.4 Å². The summed E-state index contributed by atoms with van der Waals surface area (Å²) in [5.41, 5.74) is 10.0. The van der Waals surface area contributed by atoms with Gasteiger partial charge in [-0.05, 0) is 50.1 Å². The van der Waals surface area contributed by atoms with Crippen molar-refractivity contribution in [2.75, 3.05) is 7.11 Å². The van der Waals surface area contributed by atoms with Crippen LogP contribution in [0.1, 0.15) is 29.9 Å². The highest BCUT2D eigenvalue weighted by Gasteiger charge is 2.10. The highest BCUT2D eigenvalue weighted by Crippen LogP contribution is 2.29. The number of nitrogens with zero attached hydrogens (tertiary/aromatic N) is 2. The van der Waals surface area contributed by atoms with Crippen LogP contribution in [0.3, 0.4) is 0 Å². The van der Waals surface area contributed by atoms with E-state index in [0.29, 0.717) is 5.82 Å². The van der Waals surface area contributed by atoms with E-state index < -0.39 is 0 Å². The number of rotatable bonds is 3. The Kier molecular flexibility index (Phi) is 3.81. The summed E-state index contributed by atoms with van der Waals surface area (Å²) < 4.78 is 5.33. The van der Waals surface area contributed by atoms with Gasteiger partial charge in [0.15, 0.2) is 0 Å². The van der Waals surface area contributed by atoms with Crippen LogP contribution in [0.4, 0.5) is 0 Å². The van der Waals surface area contributed by atoms with Crippen molar-refractivity contribution < 1.29 is 4.74 Å². The van der Waals surface area contributed by atoms with Gasteiger partial charge >= 0.3 is 0 Å². The number of nitrogens with two attached hydrogens (primary N) is 1. The minimum atomic E-state index is -0.167. The largest absolute Gasteiger partial charge is 0.496 e. The third kappa shape index (κ3) is 2.74. The van der Waals surface area contributed by atoms with Gasteiger partial charge < -0.3 is 10.5 Å². The third-order valence-corrected chi connectivity index (χ3v) is 3.10. The van der Waals surface area contributed by atoms with Gasteiger partial charge in [0, 0.05) is 11.8 Å². The lowest BCUT2D eigenvalue weighted by atomic mass is 10.0. The molecule has 0 radical (unpaired) electrons. The molecular formula is C15H19N3O. The second-order valence-electron chi connectivity index (χ2n) is 4.73. The Hall–Kier alpha value is -1.94. The van der Waals surface area contributed by atoms with Crippen LogP contribution in [0, 0.1) is 13.8 Å². The topological polar surface area (TPSA) is 61.0 Å². The normalized spacial score (nSPS) is 12.3. The smallest absolute Gasteiger partial charge is 0.145 e. The molecule has 100 valence electrons. The van der Waals surface area contributed by atoms with Crippen molar-refractivity contribution in [2.45, 2.75) is 26.8 Å². The van der Waals surface area contributed by atoms with E-state index in [9.17, 15) is 0 Å². The minimum Gasteiger partial charge on any atom is -0.496 e. The average Bonchev–Trinajstić information content (AvgIpc) is 2.41. The summed E-state index contributed by atoms with van der Waals surface area (Å²) >= 11 is 0. The van der Waals surface area contributed by atoms with Crippen molar-refractivity contribution in [3.8, 4) is 17.0 Å². The number of aromatic nitrogens is 2. The van der Waals surface area contributed by atoms with Crippen LogP contribution in [-0.2, 0) is 0 Å². The van der Waals surface area contributed by atoms with E-state index >= 15 is 0 Å². The summed E-state index contributed by atoms with van der Waals surface area (Å²) in [5, 5.41) is 0. The van der Waals surface area contributed by atoms with E-state index in [2.05, 4.69) is 16.0 Å². The Morgan fingerprint density at radius 2 is 1.95 bits per heavy atom. The first-order chi connectivity index (χ1) is 9.02. The maximum absolute atomic E-state index is 5.83. The quantitative estimate of drug-likeness (QED) is 0.918. The van der Waals surface area contributed by atoms with Gasteiger partial charge in [0.25, 0.3) is 0 Å². The van der Waals surface area contributed by atoms with Crippen molar-refractivity contribution in [2.24, 2.45) is 5.73 Å². The van der Waals surface area contributed by atoms with Crippen molar-refractivity contribution in [1.29, 1.82) is 0 Å². The number of benzene rings is 1. The van der Waals surface area contributed by atoms with Crippen molar-refractivity contribution in [3.05, 3.63) is 41.3 Å². The summed E-state index contributed by atoms with van der Waals surface area (Å²) in [6, 6.07) is 5.85. The van der Waals surface area contributed by atoms with Gasteiger partial charge in [-0.2, -0.15) is 0 Å². The molecule has 4 heteroatoms. The van der Waals surface area contributed by atoms with Gasteiger partial charge in [0.1, 0.15) is 11.6 Å². The molecule has 0 aliphatic rings. The molecule has 0 aliphatic heterocycles. The Balaban J connectivity index is 2.53. The molecule has 0 fully saturated rings. The summed E-state index contributed by atoms with van der Waals surface area (Å²) in [5.74, 6) is 1.55. The minimum absolute atomic E-state index is 0.167. The van der Waals surface area contributed by atoms with Crippen LogP contribution in [0.5, 0.6) is 5.75 Å². The van der Waals surface area contributed by atoms with Gasteiger partial charge in [-0.1, -0.05) is 0 Å². The van der Waals surface area contributed by atoms with E-state index in [0.717, 1.165) is 28.1 Å². The van der Waals surface area contributed by atoms with E-state index in [-0.39, 0.29) is 6.04 Å². The highest BCUT2D eigenvalue weighted by molar-refractivity contribution is 5.66. The van der Waals surface area contributed by atoms with E-state index in [1.54, 1.807) is 13.3 Å². The lowest BCUT2D eigenvalue weighted by Gasteiger charge is -2.12. The first kappa shape index (κ1) is 13.5. The SMILES string of the molecule is COc1cc(C)c(-c2ccnc(C(C)N)n2)cc1C. The predicted octanol–water partition coefficient (Wildman–Crippen LogP) is 2.79. The Labute approximate surface area is 113 Å². The molecule has 0 amide bonds. The van der Waals surface area contributed by atoms with E-state index in [1.165, 1.54) is 0 Å². The van der Waals surface area contributed by atoms with Crippen LogP contribution in [0.25, 0.3) is 11.3 Å². The zero-order valence-electron chi connectivity index (χ0n) is 11.8. The molecule has 4 nitrogen and oxygen atoms in total. The fourth-order valence-electron chi connectivity index (χ4n) is 2.03. The van der Waals surface area contributed by atoms with Gasteiger partial charge in [-0.25, -0.2) is 9.97 Å². The van der Waals surface area contributed by atoms with E-state index in [4.69, 9.17) is 10.5 Å². The van der Waals surface area contributed by atoms with Gasteiger partial charge in [0.05, 0.1) is 18.8 Å². The second kappa shape index (κ2) is 5.36. The monoisotopic (exact) mass is 257 g/mol. The van der Waals surface area contributed by atoms with Crippen LogP contribution in [0.2, 0.25) is 0 Å². The van der Waals surface area contributed by atoms with E-state index in [1.807, 2.05) is 32.9 Å². The molecule has 1 aromatic carbocycles. The molecule has 2 rings (SSSR count). The fourth-order valence-corrected chi connectivity index (χ4v) is 2.03. The molecule has 1 heterocycles. The average molecular weight is 257 g/mol. The molecule has 1 aromatic heterocycles. The number of methoxy groups -OCH3 is 1. The Morgan fingerprint density at radius 1 is 1.21 bits per heavy atom.